The minimum atomic E-state index is -0.550. The number of aliphatic hydroxyl groups is 1. The number of nitrogens with two attached hydrogens (primary N) is 1. The van der Waals surface area contributed by atoms with E-state index in [9.17, 15) is 14.7 Å². The zero-order valence-electron chi connectivity index (χ0n) is 22.5. The topological polar surface area (TPSA) is 118 Å². The zero-order chi connectivity index (χ0) is 26.9. The van der Waals surface area contributed by atoms with Gasteiger partial charge in [-0.15, -0.1) is 0 Å². The molecule has 0 radical (unpaired) electrons. The number of ether oxygens (including phenoxy) is 1. The molecule has 1 aromatic carbocycles. The lowest BCUT2D eigenvalue weighted by molar-refractivity contribution is -0.0702. The molecule has 4 aliphatic carbocycles. The molecule has 5 aliphatic rings. The number of aromatic nitrogens is 1. The number of anilines is 1. The van der Waals surface area contributed by atoms with Crippen LogP contribution in [0.15, 0.2) is 36.5 Å². The van der Waals surface area contributed by atoms with Gasteiger partial charge in [-0.2, -0.15) is 0 Å². The molecule has 4 N–H and O–H groups in total. The molecule has 0 spiro atoms. The Kier molecular flexibility index (Phi) is 5.59. The monoisotopic (exact) mass is 518 g/mol. The molecule has 5 fully saturated rings. The number of nitrogen functional groups attached to an aromatic ring is 1. The Morgan fingerprint density at radius 3 is 2.37 bits per heavy atom. The maximum atomic E-state index is 13.3. The van der Waals surface area contributed by atoms with Crippen molar-refractivity contribution in [2.75, 3.05) is 18.8 Å². The first-order valence-corrected chi connectivity index (χ1v) is 13.8. The highest BCUT2D eigenvalue weighted by Crippen LogP contribution is 2.59. The molecule has 2 aromatic rings. The molecule has 1 aromatic heterocycles. The maximum absolute atomic E-state index is 13.3. The minimum Gasteiger partial charge on any atom is -0.444 e. The summed E-state index contributed by atoms with van der Waals surface area (Å²) in [6, 6.07) is 10.2. The van der Waals surface area contributed by atoms with E-state index in [1.807, 2.05) is 31.7 Å². The molecule has 1 saturated heterocycles. The molecule has 2 amide bonds. The second-order valence-corrected chi connectivity index (χ2v) is 13.1. The molecule has 2 heterocycles. The predicted octanol–water partition coefficient (Wildman–Crippen LogP) is 4.41. The fraction of sp³-hybridized carbons (Fsp3) is 0.567. The van der Waals surface area contributed by atoms with Crippen LogP contribution in [0, 0.1) is 5.92 Å². The van der Waals surface area contributed by atoms with Crippen LogP contribution >= 0.6 is 0 Å². The molecule has 8 nitrogen and oxygen atoms in total. The predicted molar refractivity (Wildman–Crippen MR) is 145 cm³/mol. The van der Waals surface area contributed by atoms with Gasteiger partial charge in [0.1, 0.15) is 11.4 Å². The second kappa shape index (κ2) is 8.43. The van der Waals surface area contributed by atoms with Crippen LogP contribution in [-0.4, -0.2) is 56.8 Å². The molecule has 2 unspecified atom stereocenters. The van der Waals surface area contributed by atoms with Gasteiger partial charge in [0.25, 0.3) is 5.91 Å². The SMILES string of the molecule is CC(C)(C)OC(=O)N1CC2CC2(c2ccc(-c3cnc(N)c(C(=O)NC45CCC(O)(CC4)CC5)c3)cc2)C1. The lowest BCUT2D eigenvalue weighted by atomic mass is 9.63. The van der Waals surface area contributed by atoms with E-state index in [0.717, 1.165) is 62.6 Å². The molecular weight excluding hydrogens is 480 g/mol. The Morgan fingerprint density at radius 1 is 1.08 bits per heavy atom. The van der Waals surface area contributed by atoms with Gasteiger partial charge < -0.3 is 25.8 Å². The van der Waals surface area contributed by atoms with Gasteiger partial charge in [0, 0.05) is 35.8 Å². The van der Waals surface area contributed by atoms with Crippen LogP contribution in [-0.2, 0) is 10.2 Å². The summed E-state index contributed by atoms with van der Waals surface area (Å²) in [5, 5.41) is 13.8. The Balaban J connectivity index is 1.16. The summed E-state index contributed by atoms with van der Waals surface area (Å²) >= 11 is 0. The molecule has 2 atom stereocenters. The molecule has 2 bridgehead atoms. The molecule has 1 aliphatic heterocycles. The first-order valence-electron chi connectivity index (χ1n) is 13.8. The highest BCUT2D eigenvalue weighted by molar-refractivity contribution is 6.00. The van der Waals surface area contributed by atoms with Crippen molar-refractivity contribution < 1.29 is 19.4 Å². The Morgan fingerprint density at radius 2 is 1.74 bits per heavy atom. The van der Waals surface area contributed by atoms with Crippen LogP contribution < -0.4 is 11.1 Å². The lowest BCUT2D eigenvalue weighted by Crippen LogP contribution is -2.58. The number of likely N-dealkylation sites (tertiary alicyclic amines) is 1. The Labute approximate surface area is 223 Å². The summed E-state index contributed by atoms with van der Waals surface area (Å²) in [6.45, 7) is 7.09. The van der Waals surface area contributed by atoms with Gasteiger partial charge in [-0.3, -0.25) is 4.79 Å². The summed E-state index contributed by atoms with van der Waals surface area (Å²) in [7, 11) is 0. The van der Waals surface area contributed by atoms with Crippen molar-refractivity contribution in [1.82, 2.24) is 15.2 Å². The zero-order valence-corrected chi connectivity index (χ0v) is 22.5. The Hall–Kier alpha value is -3.13. The van der Waals surface area contributed by atoms with Crippen LogP contribution in [0.5, 0.6) is 0 Å². The van der Waals surface area contributed by atoms with E-state index in [0.29, 0.717) is 18.0 Å². The van der Waals surface area contributed by atoms with E-state index in [1.54, 1.807) is 6.20 Å². The first-order chi connectivity index (χ1) is 17.9. The van der Waals surface area contributed by atoms with Crippen LogP contribution in [0.25, 0.3) is 11.1 Å². The fourth-order valence-electron chi connectivity index (χ4n) is 6.87. The number of piperidine rings is 1. The van der Waals surface area contributed by atoms with E-state index in [1.165, 1.54) is 5.56 Å². The number of carbonyl (C=O) groups is 2. The number of benzene rings is 1. The van der Waals surface area contributed by atoms with Crippen molar-refractivity contribution in [2.24, 2.45) is 5.92 Å². The number of nitrogens with zero attached hydrogens (tertiary/aromatic N) is 2. The number of carbonyl (C=O) groups excluding carboxylic acids is 2. The number of fused-ring (bicyclic) bond motifs is 4. The molecule has 38 heavy (non-hydrogen) atoms. The summed E-state index contributed by atoms with van der Waals surface area (Å²) in [5.41, 5.74) is 8.24. The third-order valence-electron chi connectivity index (χ3n) is 9.34. The van der Waals surface area contributed by atoms with Crippen molar-refractivity contribution in [3.63, 3.8) is 0 Å². The second-order valence-electron chi connectivity index (χ2n) is 13.1. The van der Waals surface area contributed by atoms with Crippen LogP contribution in [0.2, 0.25) is 0 Å². The number of hydrogen-bond donors (Lipinski definition) is 3. The highest BCUT2D eigenvalue weighted by atomic mass is 16.6. The van der Waals surface area contributed by atoms with Crippen molar-refractivity contribution >= 4 is 17.8 Å². The minimum absolute atomic E-state index is 0.00526. The number of nitrogens with one attached hydrogen (secondary N) is 1. The van der Waals surface area contributed by atoms with Gasteiger partial charge in [-0.05, 0) is 88.8 Å². The number of pyridine rings is 1. The molecule has 4 saturated carbocycles. The third kappa shape index (κ3) is 4.42. The first kappa shape index (κ1) is 25.2. The number of hydrogen-bond acceptors (Lipinski definition) is 6. The highest BCUT2D eigenvalue weighted by Gasteiger charge is 2.62. The van der Waals surface area contributed by atoms with Crippen LogP contribution in [0.4, 0.5) is 10.6 Å². The summed E-state index contributed by atoms with van der Waals surface area (Å²) < 4.78 is 5.58. The maximum Gasteiger partial charge on any atom is 0.410 e. The van der Waals surface area contributed by atoms with Gasteiger partial charge in [0.2, 0.25) is 0 Å². The van der Waals surface area contributed by atoms with Gasteiger partial charge >= 0.3 is 6.09 Å². The summed E-state index contributed by atoms with van der Waals surface area (Å²) in [6.07, 6.45) is 7.10. The lowest BCUT2D eigenvalue weighted by Gasteiger charge is -2.51. The van der Waals surface area contributed by atoms with Gasteiger partial charge in [-0.25, -0.2) is 9.78 Å². The quantitative estimate of drug-likeness (QED) is 0.552. The summed E-state index contributed by atoms with van der Waals surface area (Å²) in [5.74, 6) is 0.480. The standard InChI is InChI=1S/C30H38N4O4/c1-27(2,3)38-26(36)34-17-22-15-30(22,18-34)21-6-4-19(5-7-21)20-14-23(24(31)32-16-20)25(35)33-28-8-11-29(37,12-9-28)13-10-28/h4-7,14,16,22,37H,8-13,15,17-18H2,1-3H3,(H2,31,32)(H,33,35). The van der Waals surface area contributed by atoms with E-state index < -0.39 is 11.2 Å². The van der Waals surface area contributed by atoms with Gasteiger partial charge in [-0.1, -0.05) is 24.3 Å². The molecule has 202 valence electrons. The smallest absolute Gasteiger partial charge is 0.410 e. The number of amides is 2. The van der Waals surface area contributed by atoms with Crippen molar-refractivity contribution in [3.8, 4) is 11.1 Å². The largest absolute Gasteiger partial charge is 0.444 e. The van der Waals surface area contributed by atoms with E-state index in [4.69, 9.17) is 10.5 Å². The van der Waals surface area contributed by atoms with Crippen LogP contribution in [0.1, 0.15) is 81.6 Å². The molecule has 7 rings (SSSR count). The normalized spacial score (nSPS) is 31.6. The third-order valence-corrected chi connectivity index (χ3v) is 9.34. The Bertz CT molecular complexity index is 1260. The van der Waals surface area contributed by atoms with Crippen molar-refractivity contribution in [1.29, 1.82) is 0 Å². The number of rotatable bonds is 4. The van der Waals surface area contributed by atoms with Crippen molar-refractivity contribution in [3.05, 3.63) is 47.7 Å². The molecule has 8 heteroatoms. The van der Waals surface area contributed by atoms with E-state index >= 15 is 0 Å². The van der Waals surface area contributed by atoms with E-state index in [-0.39, 0.29) is 28.8 Å². The van der Waals surface area contributed by atoms with Gasteiger partial charge in [0.05, 0.1) is 11.2 Å². The van der Waals surface area contributed by atoms with Gasteiger partial charge in [0.15, 0.2) is 0 Å². The van der Waals surface area contributed by atoms with E-state index in [2.05, 4.69) is 34.6 Å². The fourth-order valence-corrected chi connectivity index (χ4v) is 6.87. The summed E-state index contributed by atoms with van der Waals surface area (Å²) in [4.78, 5) is 32.0. The molecular formula is C30H38N4O4. The average molecular weight is 519 g/mol. The van der Waals surface area contributed by atoms with Crippen molar-refractivity contribution in [2.45, 2.75) is 87.9 Å². The van der Waals surface area contributed by atoms with Crippen LogP contribution in [0.3, 0.4) is 0 Å². The average Bonchev–Trinajstić information content (AvgIpc) is 3.44.